The van der Waals surface area contributed by atoms with Crippen LogP contribution in [0.25, 0.3) is 0 Å². The van der Waals surface area contributed by atoms with Gasteiger partial charge in [0.25, 0.3) is 0 Å². The highest BCUT2D eigenvalue weighted by Crippen LogP contribution is 2.62. The molecule has 0 bridgehead atoms. The molecule has 2 atom stereocenters. The van der Waals surface area contributed by atoms with E-state index in [-0.39, 0.29) is 0 Å². The summed E-state index contributed by atoms with van der Waals surface area (Å²) in [6.45, 7) is -2.39. The van der Waals surface area contributed by atoms with Crippen LogP contribution in [-0.4, -0.2) is 89.4 Å². The molecule has 0 spiro atoms. The van der Waals surface area contributed by atoms with Gasteiger partial charge in [0.1, 0.15) is 17.1 Å². The van der Waals surface area contributed by atoms with Gasteiger partial charge in [-0.2, -0.15) is 118 Å². The Morgan fingerprint density at radius 1 is 0.500 bits per heavy atom. The van der Waals surface area contributed by atoms with Crippen LogP contribution in [0.3, 0.4) is 0 Å². The third kappa shape index (κ3) is 9.06. The summed E-state index contributed by atoms with van der Waals surface area (Å²) in [7, 11) is -7.61. The fraction of sp³-hybridized carbons (Fsp3) is 0.727. The largest absolute Gasteiger partial charge is 0.507 e. The van der Waals surface area contributed by atoms with Crippen molar-refractivity contribution in [2.24, 2.45) is 0 Å². The van der Waals surface area contributed by atoms with Crippen molar-refractivity contribution in [2.75, 3.05) is 0 Å². The van der Waals surface area contributed by atoms with Gasteiger partial charge in [0.2, 0.25) is 0 Å². The SMILES string of the molecule is Cc1c(O)c(C(F)(F)C(F)(F)OC(F)(F)C(C)(F)OC(F)(F)C(F)(F)S(=O)(=O)O)c(C(F)(F)F)c(O)c1C(F)(F)C(F)(F)OC(F)(F)C(F)(OC(F)(F)C(F)F)C(F)(F)F. The minimum absolute atomic E-state index is 0.884. The van der Waals surface area contributed by atoms with Crippen molar-refractivity contribution in [2.45, 2.75) is 98.1 Å². The van der Waals surface area contributed by atoms with Crippen molar-refractivity contribution in [3.8, 4) is 11.5 Å². The predicted molar refractivity (Wildman–Crippen MR) is 123 cm³/mol. The van der Waals surface area contributed by atoms with E-state index in [1.54, 1.807) is 4.74 Å². The molecule has 0 amide bonds. The molecule has 0 saturated carbocycles. The summed E-state index contributed by atoms with van der Waals surface area (Å²) in [6.07, 6.45) is -67.9. The maximum atomic E-state index is 15.0. The third-order valence-electron chi connectivity index (χ3n) is 6.62. The van der Waals surface area contributed by atoms with Crippen LogP contribution in [0, 0.1) is 6.92 Å². The lowest BCUT2D eigenvalue weighted by Gasteiger charge is -2.39. The highest BCUT2D eigenvalue weighted by Gasteiger charge is 2.82. The molecule has 9 nitrogen and oxygen atoms in total. The number of phenolic OH excluding ortho intramolecular Hbond substituents is 2. The molecule has 1 aromatic rings. The normalized spacial score (nSPS) is 17.5. The molecule has 354 valence electrons. The van der Waals surface area contributed by atoms with Crippen LogP contribution in [0.5, 0.6) is 11.5 Å². The van der Waals surface area contributed by atoms with E-state index in [1.807, 2.05) is 4.74 Å². The lowest BCUT2D eigenvalue weighted by molar-refractivity contribution is -0.545. The fourth-order valence-corrected chi connectivity index (χ4v) is 4.08. The van der Waals surface area contributed by atoms with E-state index in [2.05, 4.69) is 0 Å². The van der Waals surface area contributed by atoms with Gasteiger partial charge >= 0.3 is 94.4 Å². The molecule has 60 heavy (non-hydrogen) atoms. The van der Waals surface area contributed by atoms with Crippen LogP contribution in [-0.2, 0) is 47.1 Å². The van der Waals surface area contributed by atoms with Crippen LogP contribution in [0.4, 0.5) is 123 Å². The Balaban J connectivity index is 4.15. The van der Waals surface area contributed by atoms with Gasteiger partial charge in [-0.3, -0.25) is 14.0 Å². The van der Waals surface area contributed by atoms with Gasteiger partial charge in [-0.05, 0) is 6.92 Å². The van der Waals surface area contributed by atoms with Gasteiger partial charge in [0.05, 0.1) is 11.1 Å². The molecule has 0 aliphatic heterocycles. The zero-order valence-electron chi connectivity index (χ0n) is 26.9. The number of rotatable bonds is 17. The van der Waals surface area contributed by atoms with E-state index < -0.39 is 142 Å². The number of benzene rings is 1. The zero-order valence-corrected chi connectivity index (χ0v) is 27.7. The second-order valence-electron chi connectivity index (χ2n) is 11.0. The van der Waals surface area contributed by atoms with E-state index in [0.29, 0.717) is 0 Å². The molecule has 2 unspecified atom stereocenters. The first-order valence-electron chi connectivity index (χ1n) is 13.2. The molecular formula is C22H10F28O9S. The van der Waals surface area contributed by atoms with Gasteiger partial charge in [0, 0.05) is 12.5 Å². The smallest absolute Gasteiger partial charge is 0.460 e. The number of phenols is 2. The molecule has 0 radical (unpaired) electrons. The average molecular weight is 982 g/mol. The first-order chi connectivity index (χ1) is 25.6. The summed E-state index contributed by atoms with van der Waals surface area (Å²) in [5, 5.41) is 12.3. The molecule has 38 heteroatoms. The van der Waals surface area contributed by atoms with E-state index in [9.17, 15) is 133 Å². The number of aromatic hydroxyl groups is 2. The number of hydrogen-bond donors (Lipinski definition) is 3. The zero-order chi connectivity index (χ0) is 48.9. The highest BCUT2D eigenvalue weighted by molar-refractivity contribution is 7.86. The molecule has 3 N–H and O–H groups in total. The Kier molecular flexibility index (Phi) is 13.5. The molecule has 0 heterocycles. The Hall–Kier alpha value is -3.39. The predicted octanol–water partition coefficient (Wildman–Crippen LogP) is 9.89. The second kappa shape index (κ2) is 14.9. The molecule has 0 aromatic heterocycles. The summed E-state index contributed by atoms with van der Waals surface area (Å²) >= 11 is 0. The van der Waals surface area contributed by atoms with E-state index in [4.69, 9.17) is 4.55 Å². The van der Waals surface area contributed by atoms with Crippen LogP contribution >= 0.6 is 0 Å². The Morgan fingerprint density at radius 3 is 1.20 bits per heavy atom. The highest BCUT2D eigenvalue weighted by atomic mass is 32.2. The van der Waals surface area contributed by atoms with Crippen LogP contribution in [0.2, 0.25) is 0 Å². The van der Waals surface area contributed by atoms with Crippen molar-refractivity contribution in [3.63, 3.8) is 0 Å². The van der Waals surface area contributed by atoms with Crippen molar-refractivity contribution in [3.05, 3.63) is 22.3 Å². The van der Waals surface area contributed by atoms with Crippen molar-refractivity contribution >= 4 is 10.1 Å². The molecule has 1 aromatic carbocycles. The maximum Gasteiger partial charge on any atom is 0.460 e. The lowest BCUT2D eigenvalue weighted by Crippen LogP contribution is -2.64. The Labute approximate surface area is 308 Å². The van der Waals surface area contributed by atoms with E-state index >= 15 is 8.78 Å². The minimum atomic E-state index is -8.30. The van der Waals surface area contributed by atoms with Crippen LogP contribution in [0.1, 0.15) is 29.2 Å². The monoisotopic (exact) mass is 982 g/mol. The summed E-state index contributed by atoms with van der Waals surface area (Å²) < 4.78 is 423. The molecule has 0 saturated heterocycles. The quantitative estimate of drug-likeness (QED) is 0.0794. The number of ether oxygens (including phenoxy) is 4. The summed E-state index contributed by atoms with van der Waals surface area (Å²) in [5.74, 6) is -38.5. The molecule has 0 aliphatic carbocycles. The fourth-order valence-electron chi connectivity index (χ4n) is 3.73. The standard InChI is InChI=1S/C22H10F28O9S/c1-3-4(11(26,27)18(41,42)59-20(45,46)15(35,16(36,37)38)57-14(33,34)9(23)24)8(52)6(13(30,31)32)5(7(3)51)12(28,29)19(43,44)58-17(39,40)10(2,25)56-21(47,48)22(49,50)60(53,54)55/h9,51-52H,1-2H3,(H,53,54,55). The van der Waals surface area contributed by atoms with E-state index in [0.717, 1.165) is 0 Å². The Bertz CT molecular complexity index is 1870. The van der Waals surface area contributed by atoms with Crippen LogP contribution in [0.15, 0.2) is 0 Å². The van der Waals surface area contributed by atoms with Gasteiger partial charge < -0.3 is 10.2 Å². The molecular weight excluding hydrogens is 972 g/mol. The first-order valence-corrected chi connectivity index (χ1v) is 14.6. The maximum absolute atomic E-state index is 15.0. The summed E-state index contributed by atoms with van der Waals surface area (Å²) in [5.41, 5.74) is -16.4. The third-order valence-corrected chi connectivity index (χ3v) is 7.50. The molecule has 0 aliphatic rings. The van der Waals surface area contributed by atoms with Gasteiger partial charge in [-0.25, -0.2) is 22.6 Å². The molecule has 0 fully saturated rings. The van der Waals surface area contributed by atoms with Crippen molar-refractivity contribution in [1.29, 1.82) is 0 Å². The molecule has 1 rings (SSSR count). The van der Waals surface area contributed by atoms with Gasteiger partial charge in [-0.15, -0.1) is 0 Å². The summed E-state index contributed by atoms with van der Waals surface area (Å²) in [4.78, 5) is 0. The van der Waals surface area contributed by atoms with Gasteiger partial charge in [-0.1, -0.05) is 0 Å². The minimum Gasteiger partial charge on any atom is -0.507 e. The first kappa shape index (κ1) is 54.6. The second-order valence-corrected chi connectivity index (χ2v) is 12.4. The van der Waals surface area contributed by atoms with Crippen molar-refractivity contribution in [1.82, 2.24) is 0 Å². The number of halogens is 28. The topological polar surface area (TPSA) is 132 Å². The Morgan fingerprint density at radius 2 is 0.867 bits per heavy atom. The number of hydrogen-bond acceptors (Lipinski definition) is 8. The average Bonchev–Trinajstić information content (AvgIpc) is 2.94. The van der Waals surface area contributed by atoms with Gasteiger partial charge in [0.15, 0.2) is 0 Å². The summed E-state index contributed by atoms with van der Waals surface area (Å²) in [6, 6.07) is 0. The number of alkyl halides is 28. The lowest BCUT2D eigenvalue weighted by atomic mass is 9.88. The van der Waals surface area contributed by atoms with Crippen LogP contribution < -0.4 is 0 Å². The van der Waals surface area contributed by atoms with Crippen molar-refractivity contribution < 1.29 is 165 Å². The van der Waals surface area contributed by atoms with E-state index in [1.165, 1.54) is 9.47 Å².